The van der Waals surface area contributed by atoms with Gasteiger partial charge >= 0.3 is 0 Å². The van der Waals surface area contributed by atoms with E-state index in [9.17, 15) is 0 Å². The van der Waals surface area contributed by atoms with Crippen molar-refractivity contribution in [3.05, 3.63) is 22.7 Å². The Balaban J connectivity index is 2.81. The molecule has 0 aromatic heterocycles. The Morgan fingerprint density at radius 2 is 1.94 bits per heavy atom. The third-order valence-electron chi connectivity index (χ3n) is 2.62. The Morgan fingerprint density at radius 1 is 1.28 bits per heavy atom. The van der Waals surface area contributed by atoms with Crippen LogP contribution in [0.2, 0.25) is 5.02 Å². The number of hydrogen-bond donors (Lipinski definition) is 1. The number of benzene rings is 1. The van der Waals surface area contributed by atoms with Gasteiger partial charge in [-0.15, -0.1) is 0 Å². The molecule has 1 aromatic carbocycles. The lowest BCUT2D eigenvalue weighted by Gasteiger charge is -2.19. The van der Waals surface area contributed by atoms with E-state index in [1.165, 1.54) is 0 Å². The van der Waals surface area contributed by atoms with E-state index in [-0.39, 0.29) is 5.41 Å². The van der Waals surface area contributed by atoms with E-state index >= 15 is 0 Å². The minimum Gasteiger partial charge on any atom is -0.493 e. The van der Waals surface area contributed by atoms with Crippen LogP contribution in [-0.4, -0.2) is 13.7 Å². The first-order chi connectivity index (χ1) is 8.37. The highest BCUT2D eigenvalue weighted by molar-refractivity contribution is 6.32. The van der Waals surface area contributed by atoms with Crippen LogP contribution in [0.3, 0.4) is 0 Å². The molecule has 0 saturated carbocycles. The minimum absolute atomic E-state index is 0.233. The Morgan fingerprint density at radius 3 is 2.44 bits per heavy atom. The number of rotatable bonds is 5. The van der Waals surface area contributed by atoms with Gasteiger partial charge in [-0.1, -0.05) is 32.4 Å². The highest BCUT2D eigenvalue weighted by Gasteiger charge is 2.14. The van der Waals surface area contributed by atoms with Gasteiger partial charge in [0.05, 0.1) is 18.7 Å². The third-order valence-corrected chi connectivity index (χ3v) is 2.90. The molecule has 0 aliphatic carbocycles. The molecule has 4 heteroatoms. The van der Waals surface area contributed by atoms with Gasteiger partial charge in [-0.2, -0.15) is 0 Å². The molecular formula is C14H22ClNO2. The van der Waals surface area contributed by atoms with Crippen molar-refractivity contribution in [3.63, 3.8) is 0 Å². The van der Waals surface area contributed by atoms with Crippen molar-refractivity contribution in [2.24, 2.45) is 11.1 Å². The monoisotopic (exact) mass is 271 g/mol. The second kappa shape index (κ2) is 6.30. The predicted octanol–water partition coefficient (Wildman–Crippen LogP) is 3.62. The fourth-order valence-electron chi connectivity index (χ4n) is 1.49. The third kappa shape index (κ3) is 4.39. The summed E-state index contributed by atoms with van der Waals surface area (Å²) in [5.41, 5.74) is 6.76. The van der Waals surface area contributed by atoms with Gasteiger partial charge in [-0.05, 0) is 29.5 Å². The van der Waals surface area contributed by atoms with Gasteiger partial charge < -0.3 is 15.2 Å². The van der Waals surface area contributed by atoms with Gasteiger partial charge in [-0.25, -0.2) is 0 Å². The van der Waals surface area contributed by atoms with E-state index in [0.29, 0.717) is 29.7 Å². The summed E-state index contributed by atoms with van der Waals surface area (Å²) in [7, 11) is 1.60. The molecule has 2 N–H and O–H groups in total. The fraction of sp³-hybridized carbons (Fsp3) is 0.571. The van der Waals surface area contributed by atoms with Crippen molar-refractivity contribution >= 4 is 11.6 Å². The SMILES string of the molecule is COc1cc(CN)cc(Cl)c1OCCC(C)(C)C. The molecule has 3 nitrogen and oxygen atoms in total. The lowest BCUT2D eigenvalue weighted by atomic mass is 9.93. The number of hydrogen-bond acceptors (Lipinski definition) is 3. The highest BCUT2D eigenvalue weighted by Crippen LogP contribution is 2.36. The summed E-state index contributed by atoms with van der Waals surface area (Å²) >= 11 is 6.18. The Labute approximate surface area is 114 Å². The van der Waals surface area contributed by atoms with Crippen LogP contribution in [0.4, 0.5) is 0 Å². The van der Waals surface area contributed by atoms with Gasteiger partial charge in [-0.3, -0.25) is 0 Å². The largest absolute Gasteiger partial charge is 0.493 e. The molecule has 1 rings (SSSR count). The summed E-state index contributed by atoms with van der Waals surface area (Å²) in [6, 6.07) is 3.68. The zero-order valence-corrected chi connectivity index (χ0v) is 12.3. The van der Waals surface area contributed by atoms with Crippen molar-refractivity contribution in [1.82, 2.24) is 0 Å². The molecule has 0 heterocycles. The van der Waals surface area contributed by atoms with E-state index in [4.69, 9.17) is 26.8 Å². The maximum Gasteiger partial charge on any atom is 0.179 e. The number of nitrogens with two attached hydrogens (primary N) is 1. The van der Waals surface area contributed by atoms with Crippen LogP contribution < -0.4 is 15.2 Å². The Kier molecular flexibility index (Phi) is 5.29. The Bertz CT molecular complexity index is 400. The molecule has 18 heavy (non-hydrogen) atoms. The molecule has 0 radical (unpaired) electrons. The zero-order valence-electron chi connectivity index (χ0n) is 11.5. The van der Waals surface area contributed by atoms with Gasteiger partial charge in [0.1, 0.15) is 0 Å². The molecule has 102 valence electrons. The average molecular weight is 272 g/mol. The minimum atomic E-state index is 0.233. The lowest BCUT2D eigenvalue weighted by molar-refractivity contribution is 0.234. The molecule has 0 aliphatic heterocycles. The maximum absolute atomic E-state index is 6.18. The molecule has 0 aliphatic rings. The maximum atomic E-state index is 6.18. The summed E-state index contributed by atoms with van der Waals surface area (Å²) in [6.07, 6.45) is 0.950. The first kappa shape index (κ1) is 15.1. The van der Waals surface area contributed by atoms with E-state index in [2.05, 4.69) is 20.8 Å². The molecule has 0 amide bonds. The summed E-state index contributed by atoms with van der Waals surface area (Å²) < 4.78 is 11.0. The smallest absolute Gasteiger partial charge is 0.179 e. The van der Waals surface area contributed by atoms with E-state index in [1.54, 1.807) is 7.11 Å². The summed E-state index contributed by atoms with van der Waals surface area (Å²) in [5.74, 6) is 1.23. The van der Waals surface area contributed by atoms with Gasteiger partial charge in [0.25, 0.3) is 0 Å². The van der Waals surface area contributed by atoms with E-state index < -0.39 is 0 Å². The van der Waals surface area contributed by atoms with Crippen molar-refractivity contribution in [3.8, 4) is 11.5 Å². The van der Waals surface area contributed by atoms with Crippen LogP contribution >= 0.6 is 11.6 Å². The van der Waals surface area contributed by atoms with Crippen molar-refractivity contribution in [1.29, 1.82) is 0 Å². The van der Waals surface area contributed by atoms with Crippen molar-refractivity contribution < 1.29 is 9.47 Å². The predicted molar refractivity (Wildman–Crippen MR) is 75.5 cm³/mol. The molecule has 0 bridgehead atoms. The standard InChI is InChI=1S/C14H22ClNO2/c1-14(2,3)5-6-18-13-11(15)7-10(9-16)8-12(13)17-4/h7-8H,5-6,9,16H2,1-4H3. The van der Waals surface area contributed by atoms with Gasteiger partial charge in [0, 0.05) is 6.54 Å². The normalized spacial score (nSPS) is 11.4. The average Bonchev–Trinajstić information content (AvgIpc) is 2.29. The Hall–Kier alpha value is -0.930. The first-order valence-electron chi connectivity index (χ1n) is 6.06. The van der Waals surface area contributed by atoms with Gasteiger partial charge in [0.2, 0.25) is 0 Å². The van der Waals surface area contributed by atoms with Crippen LogP contribution in [0.15, 0.2) is 12.1 Å². The highest BCUT2D eigenvalue weighted by atomic mass is 35.5. The van der Waals surface area contributed by atoms with Crippen molar-refractivity contribution in [2.45, 2.75) is 33.7 Å². The second-order valence-corrected chi connectivity index (χ2v) is 5.88. The molecule has 0 atom stereocenters. The molecule has 1 aromatic rings. The molecule has 0 saturated heterocycles. The quantitative estimate of drug-likeness (QED) is 0.890. The van der Waals surface area contributed by atoms with Gasteiger partial charge in [0.15, 0.2) is 11.5 Å². The topological polar surface area (TPSA) is 44.5 Å². The number of methoxy groups -OCH3 is 1. The lowest BCUT2D eigenvalue weighted by Crippen LogP contribution is -2.11. The molecule has 0 fully saturated rings. The second-order valence-electron chi connectivity index (χ2n) is 5.47. The summed E-state index contributed by atoms with van der Waals surface area (Å²) in [6.45, 7) is 7.56. The molecule has 0 spiro atoms. The van der Waals surface area contributed by atoms with Crippen LogP contribution in [0, 0.1) is 5.41 Å². The van der Waals surface area contributed by atoms with Crippen LogP contribution in [0.1, 0.15) is 32.8 Å². The summed E-state index contributed by atoms with van der Waals surface area (Å²) in [4.78, 5) is 0. The zero-order chi connectivity index (χ0) is 13.8. The van der Waals surface area contributed by atoms with E-state index in [1.807, 2.05) is 12.1 Å². The molecular weight excluding hydrogens is 250 g/mol. The van der Waals surface area contributed by atoms with Crippen LogP contribution in [0.5, 0.6) is 11.5 Å². The van der Waals surface area contributed by atoms with Crippen LogP contribution in [0.25, 0.3) is 0 Å². The summed E-state index contributed by atoms with van der Waals surface area (Å²) in [5, 5.41) is 0.545. The van der Waals surface area contributed by atoms with Crippen molar-refractivity contribution in [2.75, 3.05) is 13.7 Å². The fourth-order valence-corrected chi connectivity index (χ4v) is 1.78. The van der Waals surface area contributed by atoms with Crippen LogP contribution in [-0.2, 0) is 6.54 Å². The van der Waals surface area contributed by atoms with E-state index in [0.717, 1.165) is 12.0 Å². The number of ether oxygens (including phenoxy) is 2. The number of halogens is 1. The molecule has 0 unspecified atom stereocenters. The first-order valence-corrected chi connectivity index (χ1v) is 6.44.